The van der Waals surface area contributed by atoms with Crippen molar-refractivity contribution in [3.63, 3.8) is 0 Å². The minimum absolute atomic E-state index is 0.371. The second-order valence-corrected chi connectivity index (χ2v) is 9.65. The van der Waals surface area contributed by atoms with E-state index in [4.69, 9.17) is 13.7 Å². The third-order valence-electron chi connectivity index (χ3n) is 7.15. The van der Waals surface area contributed by atoms with Crippen LogP contribution < -0.4 is 5.46 Å². The monoisotopic (exact) mass is 420 g/mol. The Morgan fingerprint density at radius 3 is 1.97 bits per heavy atom. The highest BCUT2D eigenvalue weighted by molar-refractivity contribution is 6.65. The lowest BCUT2D eigenvalue weighted by Crippen LogP contribution is -2.41. The Bertz CT molecular complexity index is 1480. The standard InChI is InChI=1S/C28H25BO3/c1-27(2)28(3,4)32-29(31-27)24-16-15-19(20-9-5-6-10-21(20)24)18-13-14-23-22-11-7-8-12-25(22)30-26(23)17-18/h5-17H,1-4H3. The Hall–Kier alpha value is -3.08. The van der Waals surface area contributed by atoms with Crippen molar-refractivity contribution in [1.82, 2.24) is 0 Å². The van der Waals surface area contributed by atoms with Crippen molar-refractivity contribution in [3.05, 3.63) is 78.9 Å². The highest BCUT2D eigenvalue weighted by atomic mass is 16.7. The number of hydrogen-bond donors (Lipinski definition) is 0. The molecule has 3 nitrogen and oxygen atoms in total. The third-order valence-corrected chi connectivity index (χ3v) is 7.15. The van der Waals surface area contributed by atoms with Gasteiger partial charge in [0, 0.05) is 10.8 Å². The molecule has 0 spiro atoms. The molecule has 5 aromatic rings. The molecular formula is C28H25BO3. The molecule has 0 atom stereocenters. The van der Waals surface area contributed by atoms with Crippen LogP contribution in [-0.4, -0.2) is 18.3 Å². The summed E-state index contributed by atoms with van der Waals surface area (Å²) in [6, 6.07) is 27.5. The van der Waals surface area contributed by atoms with Crippen LogP contribution in [0.5, 0.6) is 0 Å². The molecule has 1 aromatic heterocycles. The molecule has 0 unspecified atom stereocenters. The van der Waals surface area contributed by atoms with Gasteiger partial charge in [0.1, 0.15) is 11.2 Å². The van der Waals surface area contributed by atoms with Gasteiger partial charge in [0.2, 0.25) is 0 Å². The first-order chi connectivity index (χ1) is 15.3. The van der Waals surface area contributed by atoms with Crippen molar-refractivity contribution in [3.8, 4) is 11.1 Å². The predicted octanol–water partition coefficient (Wildman–Crippen LogP) is 6.71. The maximum Gasteiger partial charge on any atom is 0.495 e. The maximum atomic E-state index is 6.36. The molecule has 1 saturated heterocycles. The molecule has 2 heterocycles. The summed E-state index contributed by atoms with van der Waals surface area (Å²) in [5, 5.41) is 4.61. The van der Waals surface area contributed by atoms with E-state index in [1.807, 2.05) is 18.2 Å². The van der Waals surface area contributed by atoms with Gasteiger partial charge in [0.15, 0.2) is 0 Å². The SMILES string of the molecule is CC1(C)OB(c2ccc(-c3ccc4c(c3)oc3ccccc34)c3ccccc23)OC1(C)C. The van der Waals surface area contributed by atoms with Crippen LogP contribution in [0.2, 0.25) is 0 Å². The van der Waals surface area contributed by atoms with E-state index in [-0.39, 0.29) is 11.2 Å². The summed E-state index contributed by atoms with van der Waals surface area (Å²) in [5.41, 5.74) is 4.45. The summed E-state index contributed by atoms with van der Waals surface area (Å²) in [5.74, 6) is 0. The lowest BCUT2D eigenvalue weighted by Gasteiger charge is -2.32. The van der Waals surface area contributed by atoms with Gasteiger partial charge in [0.25, 0.3) is 0 Å². The average molecular weight is 420 g/mol. The first-order valence-electron chi connectivity index (χ1n) is 11.1. The number of furan rings is 1. The van der Waals surface area contributed by atoms with E-state index in [1.165, 1.54) is 10.9 Å². The fraction of sp³-hybridized carbons (Fsp3) is 0.214. The van der Waals surface area contributed by atoms with Crippen LogP contribution in [-0.2, 0) is 9.31 Å². The second-order valence-electron chi connectivity index (χ2n) is 9.65. The van der Waals surface area contributed by atoms with E-state index >= 15 is 0 Å². The fourth-order valence-electron chi connectivity index (χ4n) is 4.64. The molecule has 0 saturated carbocycles. The molecule has 6 rings (SSSR count). The van der Waals surface area contributed by atoms with E-state index < -0.39 is 7.12 Å². The third kappa shape index (κ3) is 2.83. The van der Waals surface area contributed by atoms with Crippen LogP contribution in [0.4, 0.5) is 0 Å². The predicted molar refractivity (Wildman–Crippen MR) is 132 cm³/mol. The molecule has 4 aromatic carbocycles. The highest BCUT2D eigenvalue weighted by Gasteiger charge is 2.52. The number of benzene rings is 4. The second kappa shape index (κ2) is 6.71. The molecule has 0 amide bonds. The first kappa shape index (κ1) is 19.6. The molecule has 4 heteroatoms. The van der Waals surface area contributed by atoms with Gasteiger partial charge in [-0.1, -0.05) is 60.7 Å². The van der Waals surface area contributed by atoms with Gasteiger partial charge in [-0.15, -0.1) is 0 Å². The first-order valence-corrected chi connectivity index (χ1v) is 11.1. The van der Waals surface area contributed by atoms with Crippen molar-refractivity contribution < 1.29 is 13.7 Å². The molecule has 0 radical (unpaired) electrons. The van der Waals surface area contributed by atoms with E-state index in [0.717, 1.165) is 38.4 Å². The van der Waals surface area contributed by atoms with Gasteiger partial charge < -0.3 is 13.7 Å². The molecule has 1 aliphatic heterocycles. The molecule has 0 N–H and O–H groups in total. The van der Waals surface area contributed by atoms with Crippen molar-refractivity contribution in [1.29, 1.82) is 0 Å². The summed E-state index contributed by atoms with van der Waals surface area (Å²) in [7, 11) is -0.392. The van der Waals surface area contributed by atoms with Crippen LogP contribution in [0.25, 0.3) is 43.8 Å². The molecule has 32 heavy (non-hydrogen) atoms. The number of para-hydroxylation sites is 1. The van der Waals surface area contributed by atoms with E-state index in [9.17, 15) is 0 Å². The van der Waals surface area contributed by atoms with Crippen molar-refractivity contribution in [2.45, 2.75) is 38.9 Å². The summed E-state index contributed by atoms with van der Waals surface area (Å²) in [6.45, 7) is 8.36. The molecule has 1 fully saturated rings. The molecule has 1 aliphatic rings. The Morgan fingerprint density at radius 2 is 1.22 bits per heavy atom. The Balaban J connectivity index is 1.50. The molecule has 158 valence electrons. The van der Waals surface area contributed by atoms with Crippen LogP contribution in [0.1, 0.15) is 27.7 Å². The highest BCUT2D eigenvalue weighted by Crippen LogP contribution is 2.38. The van der Waals surface area contributed by atoms with Crippen LogP contribution >= 0.6 is 0 Å². The lowest BCUT2D eigenvalue weighted by molar-refractivity contribution is 0.00578. The molecular weight excluding hydrogens is 395 g/mol. The van der Waals surface area contributed by atoms with Gasteiger partial charge in [-0.2, -0.15) is 0 Å². The fourth-order valence-corrected chi connectivity index (χ4v) is 4.64. The topological polar surface area (TPSA) is 31.6 Å². The van der Waals surface area contributed by atoms with E-state index in [1.54, 1.807) is 0 Å². The quantitative estimate of drug-likeness (QED) is 0.298. The zero-order valence-corrected chi connectivity index (χ0v) is 18.8. The van der Waals surface area contributed by atoms with E-state index in [0.29, 0.717) is 0 Å². The maximum absolute atomic E-state index is 6.36. The Labute approximate surface area is 188 Å². The van der Waals surface area contributed by atoms with Gasteiger partial charge in [0.05, 0.1) is 11.2 Å². The van der Waals surface area contributed by atoms with Crippen LogP contribution in [0, 0.1) is 0 Å². The van der Waals surface area contributed by atoms with Gasteiger partial charge >= 0.3 is 7.12 Å². The summed E-state index contributed by atoms with van der Waals surface area (Å²) >= 11 is 0. The van der Waals surface area contributed by atoms with Gasteiger partial charge in [-0.05, 0) is 73.3 Å². The number of fused-ring (bicyclic) bond motifs is 4. The van der Waals surface area contributed by atoms with Crippen molar-refractivity contribution >= 4 is 45.3 Å². The summed E-state index contributed by atoms with van der Waals surface area (Å²) in [4.78, 5) is 0. The zero-order valence-electron chi connectivity index (χ0n) is 18.8. The lowest BCUT2D eigenvalue weighted by atomic mass is 9.75. The summed E-state index contributed by atoms with van der Waals surface area (Å²) in [6.07, 6.45) is 0. The normalized spacial score (nSPS) is 17.6. The van der Waals surface area contributed by atoms with Gasteiger partial charge in [-0.3, -0.25) is 0 Å². The van der Waals surface area contributed by atoms with Crippen LogP contribution in [0.3, 0.4) is 0 Å². The van der Waals surface area contributed by atoms with Crippen molar-refractivity contribution in [2.24, 2.45) is 0 Å². The largest absolute Gasteiger partial charge is 0.495 e. The number of rotatable bonds is 2. The zero-order chi connectivity index (χ0) is 22.1. The molecule has 0 bridgehead atoms. The molecule has 0 aliphatic carbocycles. The van der Waals surface area contributed by atoms with E-state index in [2.05, 4.69) is 88.4 Å². The van der Waals surface area contributed by atoms with Crippen molar-refractivity contribution in [2.75, 3.05) is 0 Å². The minimum Gasteiger partial charge on any atom is -0.456 e. The average Bonchev–Trinajstić information content (AvgIpc) is 3.25. The number of hydrogen-bond acceptors (Lipinski definition) is 3. The van der Waals surface area contributed by atoms with Gasteiger partial charge in [-0.25, -0.2) is 0 Å². The smallest absolute Gasteiger partial charge is 0.456 e. The Kier molecular flexibility index (Phi) is 4.11. The summed E-state index contributed by atoms with van der Waals surface area (Å²) < 4.78 is 18.9. The van der Waals surface area contributed by atoms with Crippen LogP contribution in [0.15, 0.2) is 83.3 Å². The Morgan fingerprint density at radius 1 is 0.594 bits per heavy atom. The minimum atomic E-state index is -0.392.